The second-order valence-electron chi connectivity index (χ2n) is 4.08. The van der Waals surface area contributed by atoms with E-state index in [2.05, 4.69) is 15.5 Å². The molecule has 8 heteroatoms. The van der Waals surface area contributed by atoms with Crippen LogP contribution in [0.15, 0.2) is 34.9 Å². The van der Waals surface area contributed by atoms with E-state index in [0.717, 1.165) is 0 Å². The van der Waals surface area contributed by atoms with Crippen molar-refractivity contribution in [3.63, 3.8) is 0 Å². The van der Waals surface area contributed by atoms with E-state index in [1.165, 1.54) is 12.3 Å². The van der Waals surface area contributed by atoms with E-state index in [1.54, 1.807) is 18.2 Å². The van der Waals surface area contributed by atoms with E-state index in [9.17, 15) is 4.79 Å². The zero-order valence-corrected chi connectivity index (χ0v) is 11.5. The van der Waals surface area contributed by atoms with Crippen LogP contribution in [0.3, 0.4) is 0 Å². The molecule has 7 nitrogen and oxygen atoms in total. The third-order valence-electron chi connectivity index (χ3n) is 2.59. The molecule has 1 amide bonds. The highest BCUT2D eigenvalue weighted by Gasteiger charge is 2.17. The molecule has 0 unspecified atom stereocenters. The molecule has 1 aliphatic rings. The summed E-state index contributed by atoms with van der Waals surface area (Å²) >= 11 is 5.83. The van der Waals surface area contributed by atoms with E-state index < -0.39 is 5.91 Å². The highest BCUT2D eigenvalue weighted by Crippen LogP contribution is 2.19. The lowest BCUT2D eigenvalue weighted by Crippen LogP contribution is -2.12. The number of nitrogens with one attached hydrogen (secondary N) is 1. The maximum absolute atomic E-state index is 12.0. The van der Waals surface area contributed by atoms with E-state index in [4.69, 9.17) is 25.5 Å². The van der Waals surface area contributed by atoms with Crippen LogP contribution in [0.1, 0.15) is 16.2 Å². The second-order valence-corrected chi connectivity index (χ2v) is 4.51. The van der Waals surface area contributed by atoms with Crippen molar-refractivity contribution in [3.8, 4) is 0 Å². The highest BCUT2D eigenvalue weighted by molar-refractivity contribution is 6.31. The van der Waals surface area contributed by atoms with Gasteiger partial charge in [0.1, 0.15) is 19.5 Å². The molecule has 2 aromatic rings. The molecule has 0 aliphatic carbocycles. The van der Waals surface area contributed by atoms with Crippen molar-refractivity contribution in [2.45, 2.75) is 0 Å². The molecular formula is C13H10ClN3O4. The van der Waals surface area contributed by atoms with E-state index >= 15 is 0 Å². The van der Waals surface area contributed by atoms with E-state index in [-0.39, 0.29) is 11.9 Å². The van der Waals surface area contributed by atoms with Crippen LogP contribution in [0, 0.1) is 0 Å². The maximum atomic E-state index is 12.0. The van der Waals surface area contributed by atoms with Gasteiger partial charge in [0.25, 0.3) is 11.8 Å². The molecule has 0 radical (unpaired) electrons. The number of amides is 1. The minimum absolute atomic E-state index is 0.0370. The molecule has 3 rings (SSSR count). The summed E-state index contributed by atoms with van der Waals surface area (Å²) in [6.07, 6.45) is 1.39. The molecule has 21 heavy (non-hydrogen) atoms. The number of aromatic nitrogens is 2. The van der Waals surface area contributed by atoms with Crippen molar-refractivity contribution in [2.24, 2.45) is 0 Å². The minimum atomic E-state index is -0.400. The first-order valence-corrected chi connectivity index (χ1v) is 6.45. The first-order chi connectivity index (χ1) is 10.2. The smallest absolute Gasteiger partial charge is 0.322 e. The summed E-state index contributed by atoms with van der Waals surface area (Å²) in [6, 6.07) is 6.48. The van der Waals surface area contributed by atoms with E-state index in [0.29, 0.717) is 29.6 Å². The van der Waals surface area contributed by atoms with Crippen molar-refractivity contribution < 1.29 is 18.7 Å². The van der Waals surface area contributed by atoms with Crippen LogP contribution in [0.4, 0.5) is 6.01 Å². The summed E-state index contributed by atoms with van der Waals surface area (Å²) in [5.41, 5.74) is 0.388. The summed E-state index contributed by atoms with van der Waals surface area (Å²) in [5.74, 6) is 0.0654. The molecule has 0 saturated carbocycles. The van der Waals surface area contributed by atoms with Crippen LogP contribution in [0.25, 0.3) is 5.76 Å². The Kier molecular flexibility index (Phi) is 3.74. The van der Waals surface area contributed by atoms with Crippen molar-refractivity contribution in [3.05, 3.63) is 47.0 Å². The Morgan fingerprint density at radius 2 is 2.19 bits per heavy atom. The summed E-state index contributed by atoms with van der Waals surface area (Å²) < 4.78 is 15.7. The molecule has 108 valence electrons. The Balaban J connectivity index is 1.72. The zero-order valence-electron chi connectivity index (χ0n) is 10.7. The van der Waals surface area contributed by atoms with Gasteiger partial charge >= 0.3 is 6.01 Å². The van der Waals surface area contributed by atoms with Crippen molar-refractivity contribution >= 4 is 29.3 Å². The fourth-order valence-electron chi connectivity index (χ4n) is 1.65. The average Bonchev–Trinajstić information content (AvgIpc) is 2.97. The number of rotatable bonds is 3. The van der Waals surface area contributed by atoms with Gasteiger partial charge in [0.2, 0.25) is 5.76 Å². The highest BCUT2D eigenvalue weighted by atomic mass is 35.5. The normalized spacial score (nSPS) is 13.9. The van der Waals surface area contributed by atoms with Gasteiger partial charge in [0.05, 0.1) is 0 Å². The summed E-state index contributed by atoms with van der Waals surface area (Å²) in [7, 11) is 0. The predicted molar refractivity (Wildman–Crippen MR) is 73.6 cm³/mol. The van der Waals surface area contributed by atoms with Gasteiger partial charge in [-0.1, -0.05) is 22.8 Å². The van der Waals surface area contributed by atoms with Crippen molar-refractivity contribution in [1.82, 2.24) is 10.2 Å². The molecule has 0 spiro atoms. The number of anilines is 1. The van der Waals surface area contributed by atoms with Crippen LogP contribution in [0.5, 0.6) is 0 Å². The van der Waals surface area contributed by atoms with Crippen molar-refractivity contribution in [1.29, 1.82) is 0 Å². The first kappa shape index (κ1) is 13.4. The van der Waals surface area contributed by atoms with Gasteiger partial charge in [-0.3, -0.25) is 10.1 Å². The third-order valence-corrected chi connectivity index (χ3v) is 2.83. The number of ether oxygens (including phenoxy) is 2. The summed E-state index contributed by atoms with van der Waals surface area (Å²) in [4.78, 5) is 12.0. The molecule has 1 N–H and O–H groups in total. The number of hydrogen-bond donors (Lipinski definition) is 1. The number of nitrogens with zero attached hydrogens (tertiary/aromatic N) is 2. The Morgan fingerprint density at radius 1 is 1.29 bits per heavy atom. The van der Waals surface area contributed by atoms with Crippen LogP contribution in [0.2, 0.25) is 5.02 Å². The van der Waals surface area contributed by atoms with E-state index in [1.807, 2.05) is 0 Å². The van der Waals surface area contributed by atoms with Gasteiger partial charge in [0, 0.05) is 10.6 Å². The van der Waals surface area contributed by atoms with Gasteiger partial charge in [-0.25, -0.2) is 0 Å². The number of benzene rings is 1. The molecule has 1 aromatic carbocycles. The van der Waals surface area contributed by atoms with Gasteiger partial charge in [-0.15, -0.1) is 5.10 Å². The van der Waals surface area contributed by atoms with Gasteiger partial charge < -0.3 is 13.9 Å². The molecule has 0 fully saturated rings. The quantitative estimate of drug-likeness (QED) is 0.936. The Bertz CT molecular complexity index is 698. The Labute approximate surface area is 124 Å². The van der Waals surface area contributed by atoms with Crippen molar-refractivity contribution in [2.75, 3.05) is 18.5 Å². The molecule has 0 saturated heterocycles. The topological polar surface area (TPSA) is 86.5 Å². The molecule has 0 bridgehead atoms. The van der Waals surface area contributed by atoms with Crippen LogP contribution >= 0.6 is 11.6 Å². The summed E-state index contributed by atoms with van der Waals surface area (Å²) in [6.45, 7) is 0.869. The zero-order chi connectivity index (χ0) is 14.7. The molecular weight excluding hydrogens is 298 g/mol. The average molecular weight is 308 g/mol. The summed E-state index contributed by atoms with van der Waals surface area (Å²) in [5, 5.41) is 10.4. The lowest BCUT2D eigenvalue weighted by molar-refractivity contribution is 0.102. The molecule has 0 atom stereocenters. The number of hydrogen-bond acceptors (Lipinski definition) is 6. The number of carbonyl (C=O) groups excluding carboxylic acids is 1. The SMILES string of the molecule is O=C(Nc1nnc(C2=COCCO2)o1)c1cccc(Cl)c1. The fraction of sp³-hybridized carbons (Fsp3) is 0.154. The lowest BCUT2D eigenvalue weighted by atomic mass is 10.2. The molecule has 1 aliphatic heterocycles. The molecule has 1 aromatic heterocycles. The predicted octanol–water partition coefficient (Wildman–Crippen LogP) is 2.32. The maximum Gasteiger partial charge on any atom is 0.322 e. The monoisotopic (exact) mass is 307 g/mol. The Morgan fingerprint density at radius 3 is 2.95 bits per heavy atom. The second kappa shape index (κ2) is 5.84. The van der Waals surface area contributed by atoms with Crippen LogP contribution < -0.4 is 5.32 Å². The molecule has 2 heterocycles. The number of halogens is 1. The minimum Gasteiger partial charge on any atom is -0.494 e. The first-order valence-electron chi connectivity index (χ1n) is 6.08. The van der Waals surface area contributed by atoms with Gasteiger partial charge in [-0.05, 0) is 18.2 Å². The Hall–Kier alpha value is -2.54. The standard InChI is InChI=1S/C13H10ClN3O4/c14-9-3-1-2-8(6-9)11(18)15-13-17-16-12(21-13)10-7-19-4-5-20-10/h1-3,6-7H,4-5H2,(H,15,17,18). The third kappa shape index (κ3) is 3.14. The van der Waals surface area contributed by atoms with Crippen LogP contribution in [-0.2, 0) is 9.47 Å². The number of carbonyl (C=O) groups is 1. The lowest BCUT2D eigenvalue weighted by Gasteiger charge is -2.11. The van der Waals surface area contributed by atoms with Gasteiger partial charge in [0.15, 0.2) is 0 Å². The fourth-order valence-corrected chi connectivity index (χ4v) is 1.84. The van der Waals surface area contributed by atoms with Gasteiger partial charge in [-0.2, -0.15) is 0 Å². The largest absolute Gasteiger partial charge is 0.494 e. The van der Waals surface area contributed by atoms with Crippen LogP contribution in [-0.4, -0.2) is 29.3 Å².